The lowest BCUT2D eigenvalue weighted by atomic mass is 9.81. The quantitative estimate of drug-likeness (QED) is 0.810. The van der Waals surface area contributed by atoms with Crippen LogP contribution in [0.4, 0.5) is 24.7 Å². The molecular weight excluding hydrogens is 331 g/mol. The number of carbonyl (C=O) groups excluding carboxylic acids is 1. The molecule has 1 aliphatic carbocycles. The van der Waals surface area contributed by atoms with Gasteiger partial charge in [-0.05, 0) is 43.6 Å². The number of nitrogens with zero attached hydrogens (tertiary/aromatic N) is 3. The van der Waals surface area contributed by atoms with Gasteiger partial charge in [0.2, 0.25) is 5.91 Å². The van der Waals surface area contributed by atoms with Crippen molar-refractivity contribution in [3.63, 3.8) is 0 Å². The number of amides is 1. The lowest BCUT2D eigenvalue weighted by Crippen LogP contribution is -2.58. The molecule has 3 aliphatic rings. The van der Waals surface area contributed by atoms with Crippen LogP contribution in [-0.2, 0) is 11.0 Å². The first-order valence-electron chi connectivity index (χ1n) is 8.94. The zero-order valence-corrected chi connectivity index (χ0v) is 14.4. The highest BCUT2D eigenvalue weighted by Crippen LogP contribution is 2.46. The molecule has 4 rings (SSSR count). The van der Waals surface area contributed by atoms with Gasteiger partial charge >= 0.3 is 6.18 Å². The predicted octanol–water partition coefficient (Wildman–Crippen LogP) is 3.85. The van der Waals surface area contributed by atoms with Crippen molar-refractivity contribution in [1.82, 2.24) is 4.98 Å². The zero-order chi connectivity index (χ0) is 17.9. The number of fused-ring (bicyclic) bond motifs is 3. The highest BCUT2D eigenvalue weighted by molar-refractivity contribution is 6.05. The lowest BCUT2D eigenvalue weighted by Gasteiger charge is -2.47. The van der Waals surface area contributed by atoms with Gasteiger partial charge in [-0.2, -0.15) is 13.2 Å². The van der Waals surface area contributed by atoms with E-state index in [1.807, 2.05) is 4.90 Å². The maximum atomic E-state index is 13.1. The molecule has 7 heteroatoms. The number of hydrogen-bond acceptors (Lipinski definition) is 3. The fraction of sp³-hybridized carbons (Fsp3) is 0.667. The van der Waals surface area contributed by atoms with Crippen molar-refractivity contribution in [3.05, 3.63) is 17.8 Å². The van der Waals surface area contributed by atoms with Gasteiger partial charge in [-0.3, -0.25) is 4.79 Å². The van der Waals surface area contributed by atoms with Crippen molar-refractivity contribution < 1.29 is 18.0 Å². The first-order chi connectivity index (χ1) is 11.8. The molecular formula is C18H22F3N3O. The van der Waals surface area contributed by atoms with E-state index in [2.05, 4.69) is 18.8 Å². The standard InChI is InChI=1S/C18H22F3N3O/c1-10(2)11-5-6-23-15(7-11)17(25)24(13-3-4-13)14-8-12(18(19,20)21)9-22-16(14)23/h8-11,13,15H,3-7H2,1-2H3. The van der Waals surface area contributed by atoms with Crippen molar-refractivity contribution in [2.75, 3.05) is 16.3 Å². The Kier molecular flexibility index (Phi) is 3.74. The van der Waals surface area contributed by atoms with Crippen LogP contribution < -0.4 is 9.80 Å². The Bertz CT molecular complexity index is 699. The normalized spacial score (nSPS) is 26.7. The molecule has 0 N–H and O–H groups in total. The van der Waals surface area contributed by atoms with E-state index in [1.54, 1.807) is 4.90 Å². The number of hydrogen-bond donors (Lipinski definition) is 0. The molecule has 0 bridgehead atoms. The monoisotopic (exact) mass is 353 g/mol. The van der Waals surface area contributed by atoms with Gasteiger partial charge in [0.15, 0.2) is 5.82 Å². The van der Waals surface area contributed by atoms with Crippen LogP contribution >= 0.6 is 0 Å². The third-order valence-electron chi connectivity index (χ3n) is 5.73. The molecule has 2 fully saturated rings. The van der Waals surface area contributed by atoms with Crippen LogP contribution in [0.5, 0.6) is 0 Å². The Morgan fingerprint density at radius 1 is 1.24 bits per heavy atom. The Hall–Kier alpha value is -1.79. The highest BCUT2D eigenvalue weighted by atomic mass is 19.4. The van der Waals surface area contributed by atoms with Gasteiger partial charge in [0.1, 0.15) is 6.04 Å². The molecule has 1 aromatic heterocycles. The summed E-state index contributed by atoms with van der Waals surface area (Å²) in [6.07, 6.45) is -0.175. The van der Waals surface area contributed by atoms with Crippen LogP contribution in [0.2, 0.25) is 0 Å². The summed E-state index contributed by atoms with van der Waals surface area (Å²) < 4.78 is 39.3. The molecule has 4 nitrogen and oxygen atoms in total. The first-order valence-corrected chi connectivity index (χ1v) is 8.94. The predicted molar refractivity (Wildman–Crippen MR) is 88.4 cm³/mol. The molecule has 3 heterocycles. The molecule has 0 radical (unpaired) electrons. The number of rotatable bonds is 2. The van der Waals surface area contributed by atoms with E-state index < -0.39 is 11.7 Å². The number of piperidine rings is 1. The van der Waals surface area contributed by atoms with E-state index in [1.165, 1.54) is 0 Å². The average molecular weight is 353 g/mol. The molecule has 136 valence electrons. The summed E-state index contributed by atoms with van der Waals surface area (Å²) >= 11 is 0. The average Bonchev–Trinajstić information content (AvgIpc) is 3.38. The van der Waals surface area contributed by atoms with Crippen LogP contribution in [0.15, 0.2) is 12.3 Å². The summed E-state index contributed by atoms with van der Waals surface area (Å²) in [6.45, 7) is 4.99. The van der Waals surface area contributed by atoms with Crippen LogP contribution in [0.3, 0.4) is 0 Å². The second-order valence-electron chi connectivity index (χ2n) is 7.74. The maximum Gasteiger partial charge on any atom is 0.417 e. The topological polar surface area (TPSA) is 36.4 Å². The second-order valence-corrected chi connectivity index (χ2v) is 7.74. The number of halogens is 3. The Morgan fingerprint density at radius 3 is 2.56 bits per heavy atom. The molecule has 0 aromatic carbocycles. The minimum absolute atomic E-state index is 0.0260. The minimum atomic E-state index is -4.46. The molecule has 2 unspecified atom stereocenters. The maximum absolute atomic E-state index is 13.1. The van der Waals surface area contributed by atoms with E-state index in [9.17, 15) is 18.0 Å². The number of aromatic nitrogens is 1. The van der Waals surface area contributed by atoms with Crippen molar-refractivity contribution in [2.45, 2.75) is 57.8 Å². The van der Waals surface area contributed by atoms with Gasteiger partial charge < -0.3 is 9.80 Å². The third kappa shape index (κ3) is 2.77. The summed E-state index contributed by atoms with van der Waals surface area (Å²) in [5.41, 5.74) is -0.457. The Morgan fingerprint density at radius 2 is 1.96 bits per heavy atom. The number of anilines is 2. The van der Waals surface area contributed by atoms with E-state index in [0.717, 1.165) is 37.9 Å². The number of alkyl halides is 3. The minimum Gasteiger partial charge on any atom is -0.343 e. The molecule has 25 heavy (non-hydrogen) atoms. The van der Waals surface area contributed by atoms with Crippen LogP contribution in [0.25, 0.3) is 0 Å². The summed E-state index contributed by atoms with van der Waals surface area (Å²) in [6, 6.07) is 0.833. The Balaban J connectivity index is 1.76. The van der Waals surface area contributed by atoms with Crippen LogP contribution in [0.1, 0.15) is 45.1 Å². The van der Waals surface area contributed by atoms with Crippen molar-refractivity contribution in [2.24, 2.45) is 11.8 Å². The van der Waals surface area contributed by atoms with Gasteiger partial charge in [-0.25, -0.2) is 4.98 Å². The zero-order valence-electron chi connectivity index (χ0n) is 14.4. The number of pyridine rings is 1. The SMILES string of the molecule is CC(C)C1CCN2c3ncc(C(F)(F)F)cc3N(C3CC3)C(=O)C2C1. The summed E-state index contributed by atoms with van der Waals surface area (Å²) in [7, 11) is 0. The van der Waals surface area contributed by atoms with Gasteiger partial charge in [0.25, 0.3) is 0 Å². The molecule has 1 amide bonds. The largest absolute Gasteiger partial charge is 0.417 e. The molecule has 1 saturated heterocycles. The van der Waals surface area contributed by atoms with Gasteiger partial charge in [0, 0.05) is 18.8 Å². The molecule has 0 spiro atoms. The third-order valence-corrected chi connectivity index (χ3v) is 5.73. The van der Waals surface area contributed by atoms with Crippen molar-refractivity contribution in [1.29, 1.82) is 0 Å². The molecule has 1 saturated carbocycles. The fourth-order valence-electron chi connectivity index (χ4n) is 4.07. The first kappa shape index (κ1) is 16.7. The van der Waals surface area contributed by atoms with Gasteiger partial charge in [0.05, 0.1) is 11.3 Å². The van der Waals surface area contributed by atoms with Gasteiger partial charge in [-0.1, -0.05) is 13.8 Å². The summed E-state index contributed by atoms with van der Waals surface area (Å²) in [4.78, 5) is 20.8. The smallest absolute Gasteiger partial charge is 0.343 e. The number of carbonyl (C=O) groups is 1. The summed E-state index contributed by atoms with van der Waals surface area (Å²) in [5, 5.41) is 0. The lowest BCUT2D eigenvalue weighted by molar-refractivity contribution is -0.138. The van der Waals surface area contributed by atoms with Crippen molar-refractivity contribution in [3.8, 4) is 0 Å². The fourth-order valence-corrected chi connectivity index (χ4v) is 4.07. The second kappa shape index (κ2) is 5.61. The molecule has 2 aliphatic heterocycles. The Labute approximate surface area is 145 Å². The van der Waals surface area contributed by atoms with E-state index in [-0.39, 0.29) is 18.0 Å². The van der Waals surface area contributed by atoms with Gasteiger partial charge in [-0.15, -0.1) is 0 Å². The van der Waals surface area contributed by atoms with Crippen LogP contribution in [0, 0.1) is 11.8 Å². The van der Waals surface area contributed by atoms with E-state index in [0.29, 0.717) is 29.9 Å². The molecule has 2 atom stereocenters. The van der Waals surface area contributed by atoms with Crippen molar-refractivity contribution >= 4 is 17.4 Å². The van der Waals surface area contributed by atoms with Crippen LogP contribution in [-0.4, -0.2) is 29.5 Å². The van der Waals surface area contributed by atoms with E-state index in [4.69, 9.17) is 0 Å². The highest BCUT2D eigenvalue weighted by Gasteiger charge is 2.48. The molecule has 1 aromatic rings. The van der Waals surface area contributed by atoms with E-state index >= 15 is 0 Å². The summed E-state index contributed by atoms with van der Waals surface area (Å²) in [5.74, 6) is 1.43.